The maximum absolute atomic E-state index is 9.74. The summed E-state index contributed by atoms with van der Waals surface area (Å²) < 4.78 is 0. The van der Waals surface area contributed by atoms with Gasteiger partial charge in [-0.2, -0.15) is 10.5 Å². The van der Waals surface area contributed by atoms with Crippen molar-refractivity contribution in [2.45, 2.75) is 31.8 Å². The Morgan fingerprint density at radius 2 is 1.64 bits per heavy atom. The molecule has 2 rings (SSSR count). The van der Waals surface area contributed by atoms with E-state index in [2.05, 4.69) is 21.8 Å². The van der Waals surface area contributed by atoms with Crippen LogP contribution in [0.5, 0.6) is 0 Å². The van der Waals surface area contributed by atoms with Crippen LogP contribution < -0.4 is 0 Å². The number of nitrogens with zero attached hydrogens (tertiary/aromatic N) is 4. The van der Waals surface area contributed by atoms with Crippen LogP contribution in [0.25, 0.3) is 9.69 Å². The van der Waals surface area contributed by atoms with Gasteiger partial charge in [0, 0.05) is 5.56 Å². The quantitative estimate of drug-likeness (QED) is 0.767. The Hall–Kier alpha value is -3.60. The van der Waals surface area contributed by atoms with E-state index in [1.54, 1.807) is 24.3 Å². The minimum atomic E-state index is -1.32. The van der Waals surface area contributed by atoms with Gasteiger partial charge in [0.25, 0.3) is 0 Å². The molecule has 2 aromatic carbocycles. The van der Waals surface area contributed by atoms with Gasteiger partial charge in [0.05, 0.1) is 12.0 Å². The molecule has 0 aliphatic heterocycles. The van der Waals surface area contributed by atoms with Crippen LogP contribution in [0.2, 0.25) is 0 Å². The third-order valence-electron chi connectivity index (χ3n) is 4.07. The molecule has 0 aliphatic carbocycles. The standard InChI is InChI=1S/C21H16N4/c1-15-9-16(2)11-17(10-15)12-21(14-23,25-4)19-7-5-18(6-8-19)20(13-22)24-3/h5-11,20H,12H2,1-2H3. The molecule has 4 nitrogen and oxygen atoms in total. The van der Waals surface area contributed by atoms with E-state index < -0.39 is 11.6 Å². The van der Waals surface area contributed by atoms with E-state index in [1.165, 1.54) is 0 Å². The van der Waals surface area contributed by atoms with E-state index in [0.29, 0.717) is 17.5 Å². The average Bonchev–Trinajstić information content (AvgIpc) is 2.61. The maximum Gasteiger partial charge on any atom is 0.344 e. The zero-order valence-corrected chi connectivity index (χ0v) is 14.1. The number of aryl methyl sites for hydroxylation is 2. The van der Waals surface area contributed by atoms with Crippen LogP contribution in [0, 0.1) is 49.7 Å². The first kappa shape index (κ1) is 17.7. The molecule has 0 saturated carbocycles. The van der Waals surface area contributed by atoms with Crippen molar-refractivity contribution in [3.8, 4) is 12.1 Å². The van der Waals surface area contributed by atoms with Crippen molar-refractivity contribution in [3.05, 3.63) is 93.1 Å². The molecule has 0 radical (unpaired) electrons. The number of rotatable bonds is 4. The van der Waals surface area contributed by atoms with E-state index in [0.717, 1.165) is 16.7 Å². The lowest BCUT2D eigenvalue weighted by Gasteiger charge is -2.16. The zero-order chi connectivity index (χ0) is 18.4. The van der Waals surface area contributed by atoms with E-state index >= 15 is 0 Å². The molecule has 25 heavy (non-hydrogen) atoms. The molecule has 0 aromatic heterocycles. The lowest BCUT2D eigenvalue weighted by atomic mass is 9.84. The summed E-state index contributed by atoms with van der Waals surface area (Å²) in [5.41, 5.74) is 2.96. The number of nitriles is 2. The third-order valence-corrected chi connectivity index (χ3v) is 4.07. The normalized spacial score (nSPS) is 13.4. The molecule has 0 fully saturated rings. The second-order valence-electron chi connectivity index (χ2n) is 6.04. The topological polar surface area (TPSA) is 56.3 Å². The lowest BCUT2D eigenvalue weighted by Crippen LogP contribution is -2.23. The smallest absolute Gasteiger partial charge is 0.292 e. The molecule has 0 aliphatic rings. The predicted octanol–water partition coefficient (Wildman–Crippen LogP) is 4.67. The molecule has 0 amide bonds. The Morgan fingerprint density at radius 1 is 1.04 bits per heavy atom. The Kier molecular flexibility index (Phi) is 5.19. The summed E-state index contributed by atoms with van der Waals surface area (Å²) in [7, 11) is 0. The van der Waals surface area contributed by atoms with Gasteiger partial charge in [-0.3, -0.25) is 9.69 Å². The number of hydrogen-bond donors (Lipinski definition) is 0. The first-order valence-electron chi connectivity index (χ1n) is 7.71. The van der Waals surface area contributed by atoms with Crippen LogP contribution >= 0.6 is 0 Å². The minimum absolute atomic E-state index is 0.291. The highest BCUT2D eigenvalue weighted by Crippen LogP contribution is 2.31. The van der Waals surface area contributed by atoms with Crippen molar-refractivity contribution in [1.29, 1.82) is 10.5 Å². The summed E-state index contributed by atoms with van der Waals surface area (Å²) in [5, 5.41) is 18.7. The van der Waals surface area contributed by atoms with Gasteiger partial charge in [0.2, 0.25) is 0 Å². The van der Waals surface area contributed by atoms with Crippen LogP contribution in [0.4, 0.5) is 0 Å². The van der Waals surface area contributed by atoms with Crippen LogP contribution in [-0.2, 0) is 12.0 Å². The average molecular weight is 324 g/mol. The highest BCUT2D eigenvalue weighted by molar-refractivity contribution is 5.42. The molecular formula is C21H16N4. The van der Waals surface area contributed by atoms with Crippen molar-refractivity contribution in [3.63, 3.8) is 0 Å². The van der Waals surface area contributed by atoms with Crippen LogP contribution in [0.15, 0.2) is 42.5 Å². The first-order chi connectivity index (χ1) is 12.0. The maximum atomic E-state index is 9.74. The summed E-state index contributed by atoms with van der Waals surface area (Å²) in [4.78, 5) is 6.90. The summed E-state index contributed by atoms with van der Waals surface area (Å²) in [6.07, 6.45) is 0.291. The monoisotopic (exact) mass is 324 g/mol. The fourth-order valence-corrected chi connectivity index (χ4v) is 2.92. The van der Waals surface area contributed by atoms with Gasteiger partial charge >= 0.3 is 11.6 Å². The van der Waals surface area contributed by atoms with Gasteiger partial charge in [-0.15, -0.1) is 0 Å². The Bertz CT molecular complexity index is 896. The molecule has 120 valence electrons. The van der Waals surface area contributed by atoms with Crippen molar-refractivity contribution in [2.75, 3.05) is 0 Å². The fraction of sp³-hybridized carbons (Fsp3) is 0.238. The van der Waals surface area contributed by atoms with Gasteiger partial charge in [-0.1, -0.05) is 29.3 Å². The zero-order valence-electron chi connectivity index (χ0n) is 14.1. The summed E-state index contributed by atoms with van der Waals surface area (Å²) in [6.45, 7) is 18.6. The minimum Gasteiger partial charge on any atom is -0.292 e. The van der Waals surface area contributed by atoms with E-state index in [1.807, 2.05) is 32.0 Å². The third kappa shape index (κ3) is 3.67. The van der Waals surface area contributed by atoms with Crippen molar-refractivity contribution in [2.24, 2.45) is 0 Å². The highest BCUT2D eigenvalue weighted by Gasteiger charge is 2.39. The first-order valence-corrected chi connectivity index (χ1v) is 7.71. The molecule has 0 heterocycles. The van der Waals surface area contributed by atoms with Crippen molar-refractivity contribution >= 4 is 0 Å². The molecule has 2 unspecified atom stereocenters. The Balaban J connectivity index is 2.44. The van der Waals surface area contributed by atoms with Gasteiger partial charge in [-0.25, -0.2) is 13.1 Å². The molecule has 2 aromatic rings. The van der Waals surface area contributed by atoms with Crippen molar-refractivity contribution < 1.29 is 0 Å². The molecule has 0 bridgehead atoms. The van der Waals surface area contributed by atoms with Crippen LogP contribution in [0.1, 0.15) is 33.9 Å². The van der Waals surface area contributed by atoms with Crippen molar-refractivity contribution in [1.82, 2.24) is 0 Å². The molecule has 2 atom stereocenters. The van der Waals surface area contributed by atoms with Gasteiger partial charge in [0.1, 0.15) is 0 Å². The summed E-state index contributed by atoms with van der Waals surface area (Å²) in [6, 6.07) is 15.9. The van der Waals surface area contributed by atoms with Crippen LogP contribution in [-0.4, -0.2) is 0 Å². The molecule has 0 saturated heterocycles. The summed E-state index contributed by atoms with van der Waals surface area (Å²) in [5.74, 6) is 0. The van der Waals surface area contributed by atoms with E-state index in [9.17, 15) is 5.26 Å². The molecule has 4 heteroatoms. The van der Waals surface area contributed by atoms with Gasteiger partial charge < -0.3 is 0 Å². The second-order valence-corrected chi connectivity index (χ2v) is 6.04. The largest absolute Gasteiger partial charge is 0.344 e. The molecule has 0 N–H and O–H groups in total. The predicted molar refractivity (Wildman–Crippen MR) is 94.9 cm³/mol. The lowest BCUT2D eigenvalue weighted by molar-refractivity contribution is 0.673. The number of hydrogen-bond acceptors (Lipinski definition) is 2. The highest BCUT2D eigenvalue weighted by atomic mass is 14.8. The Morgan fingerprint density at radius 3 is 2.08 bits per heavy atom. The number of benzene rings is 2. The van der Waals surface area contributed by atoms with E-state index in [4.69, 9.17) is 18.4 Å². The molecule has 0 spiro atoms. The Labute approximate surface area is 148 Å². The summed E-state index contributed by atoms with van der Waals surface area (Å²) >= 11 is 0. The van der Waals surface area contributed by atoms with Gasteiger partial charge in [-0.05, 0) is 43.7 Å². The fourth-order valence-electron chi connectivity index (χ4n) is 2.92. The van der Waals surface area contributed by atoms with Gasteiger partial charge in [0.15, 0.2) is 12.1 Å². The van der Waals surface area contributed by atoms with E-state index in [-0.39, 0.29) is 0 Å². The second kappa shape index (κ2) is 7.31. The SMILES string of the molecule is [C-]#[N+]C(C#N)c1ccc(C(C#N)(Cc2cc(C)cc(C)c2)[N+]#[C-])cc1. The van der Waals surface area contributed by atoms with Crippen LogP contribution in [0.3, 0.4) is 0 Å². The molecular weight excluding hydrogens is 308 g/mol.